The lowest BCUT2D eigenvalue weighted by Crippen LogP contribution is -2.33. The highest BCUT2D eigenvalue weighted by Crippen LogP contribution is 2.62. The summed E-state index contributed by atoms with van der Waals surface area (Å²) < 4.78 is 29.0. The van der Waals surface area contributed by atoms with E-state index in [1.807, 2.05) is 31.2 Å². The summed E-state index contributed by atoms with van der Waals surface area (Å²) in [7, 11) is 1.47. The van der Waals surface area contributed by atoms with Crippen LogP contribution in [0.15, 0.2) is 66.9 Å². The van der Waals surface area contributed by atoms with Gasteiger partial charge in [0, 0.05) is 25.4 Å². The summed E-state index contributed by atoms with van der Waals surface area (Å²) in [5.41, 5.74) is 0.268. The Morgan fingerprint density at radius 3 is 2.28 bits per heavy atom. The first-order valence-corrected chi connectivity index (χ1v) is 10.1. The van der Waals surface area contributed by atoms with Gasteiger partial charge in [-0.15, -0.1) is 0 Å². The molecule has 32 heavy (non-hydrogen) atoms. The highest BCUT2D eigenvalue weighted by Gasteiger charge is 2.76. The Labute approximate surface area is 184 Å². The number of halogens is 2. The second-order valence-corrected chi connectivity index (χ2v) is 7.75. The summed E-state index contributed by atoms with van der Waals surface area (Å²) in [5.74, 6) is -4.19. The SMILES string of the molecule is CNC(=O)c1cnc(Nc2ccccc2C)c(NC(=O)C2(c3ccccc3)CC2(F)F)c1. The number of alkyl halides is 2. The second-order valence-electron chi connectivity index (χ2n) is 7.75. The van der Waals surface area contributed by atoms with Gasteiger partial charge in [-0.1, -0.05) is 48.5 Å². The molecule has 8 heteroatoms. The summed E-state index contributed by atoms with van der Waals surface area (Å²) in [6, 6.07) is 16.9. The van der Waals surface area contributed by atoms with E-state index in [2.05, 4.69) is 20.9 Å². The summed E-state index contributed by atoms with van der Waals surface area (Å²) in [6.07, 6.45) is 0.771. The number of para-hydroxylation sites is 1. The summed E-state index contributed by atoms with van der Waals surface area (Å²) in [4.78, 5) is 29.6. The molecule has 164 valence electrons. The fourth-order valence-corrected chi connectivity index (χ4v) is 3.70. The van der Waals surface area contributed by atoms with Crippen LogP contribution in [0.1, 0.15) is 27.9 Å². The lowest BCUT2D eigenvalue weighted by molar-refractivity contribution is -0.121. The van der Waals surface area contributed by atoms with E-state index in [-0.39, 0.29) is 22.6 Å². The van der Waals surface area contributed by atoms with Crippen LogP contribution in [0.4, 0.5) is 26.0 Å². The molecule has 1 saturated carbocycles. The highest BCUT2D eigenvalue weighted by atomic mass is 19.3. The largest absolute Gasteiger partial charge is 0.355 e. The van der Waals surface area contributed by atoms with Gasteiger partial charge in [-0.25, -0.2) is 13.8 Å². The maximum atomic E-state index is 14.5. The summed E-state index contributed by atoms with van der Waals surface area (Å²) in [6.45, 7) is 1.90. The molecule has 0 bridgehead atoms. The normalized spacial score (nSPS) is 18.5. The molecule has 0 radical (unpaired) electrons. The van der Waals surface area contributed by atoms with Crippen LogP contribution in [-0.2, 0) is 10.2 Å². The number of carbonyl (C=O) groups excluding carboxylic acids is 2. The van der Waals surface area contributed by atoms with Crippen LogP contribution < -0.4 is 16.0 Å². The fourth-order valence-electron chi connectivity index (χ4n) is 3.70. The first-order chi connectivity index (χ1) is 15.3. The van der Waals surface area contributed by atoms with Crippen molar-refractivity contribution in [2.24, 2.45) is 0 Å². The average Bonchev–Trinajstić information content (AvgIpc) is 3.40. The maximum Gasteiger partial charge on any atom is 0.268 e. The van der Waals surface area contributed by atoms with E-state index in [1.54, 1.807) is 18.2 Å². The van der Waals surface area contributed by atoms with Gasteiger partial charge < -0.3 is 16.0 Å². The highest BCUT2D eigenvalue weighted by molar-refractivity contribution is 6.06. The van der Waals surface area contributed by atoms with Crippen molar-refractivity contribution in [3.8, 4) is 0 Å². The zero-order chi connectivity index (χ0) is 22.9. The van der Waals surface area contributed by atoms with Crippen LogP contribution in [0.25, 0.3) is 0 Å². The van der Waals surface area contributed by atoms with Crippen molar-refractivity contribution >= 4 is 29.0 Å². The number of hydrogen-bond donors (Lipinski definition) is 3. The van der Waals surface area contributed by atoms with Crippen molar-refractivity contribution in [2.45, 2.75) is 24.7 Å². The molecule has 6 nitrogen and oxygen atoms in total. The molecule has 1 aliphatic rings. The molecule has 0 aliphatic heterocycles. The summed E-state index contributed by atoms with van der Waals surface area (Å²) >= 11 is 0. The number of anilines is 3. The monoisotopic (exact) mass is 436 g/mol. The molecule has 2 aromatic carbocycles. The van der Waals surface area contributed by atoms with E-state index in [9.17, 15) is 18.4 Å². The van der Waals surface area contributed by atoms with Crippen LogP contribution in [0, 0.1) is 6.92 Å². The zero-order valence-corrected chi connectivity index (χ0v) is 17.6. The number of rotatable bonds is 6. The predicted octanol–water partition coefficient (Wildman–Crippen LogP) is 4.41. The van der Waals surface area contributed by atoms with Gasteiger partial charge in [-0.05, 0) is 30.2 Å². The van der Waals surface area contributed by atoms with Crippen molar-refractivity contribution in [1.82, 2.24) is 10.3 Å². The minimum atomic E-state index is -3.17. The number of amides is 2. The van der Waals surface area contributed by atoms with Gasteiger partial charge in [0.2, 0.25) is 5.91 Å². The Balaban J connectivity index is 1.72. The second kappa shape index (κ2) is 8.03. The van der Waals surface area contributed by atoms with Gasteiger partial charge in [-0.3, -0.25) is 9.59 Å². The molecule has 3 aromatic rings. The molecule has 1 atom stereocenters. The molecule has 0 saturated heterocycles. The first-order valence-electron chi connectivity index (χ1n) is 10.1. The first kappa shape index (κ1) is 21.4. The third-order valence-electron chi connectivity index (χ3n) is 5.66. The zero-order valence-electron chi connectivity index (χ0n) is 17.6. The van der Waals surface area contributed by atoms with Crippen LogP contribution in [0.2, 0.25) is 0 Å². The molecule has 1 aromatic heterocycles. The van der Waals surface area contributed by atoms with Crippen LogP contribution >= 0.6 is 0 Å². The van der Waals surface area contributed by atoms with Crippen LogP contribution in [0.3, 0.4) is 0 Å². The molecule has 1 heterocycles. The van der Waals surface area contributed by atoms with Gasteiger partial charge in [0.1, 0.15) is 5.41 Å². The Morgan fingerprint density at radius 1 is 1.00 bits per heavy atom. The lowest BCUT2D eigenvalue weighted by Gasteiger charge is -2.19. The van der Waals surface area contributed by atoms with Gasteiger partial charge >= 0.3 is 0 Å². The van der Waals surface area contributed by atoms with Crippen molar-refractivity contribution in [3.63, 3.8) is 0 Å². The Kier molecular flexibility index (Phi) is 5.38. The minimum absolute atomic E-state index is 0.136. The molecule has 1 unspecified atom stereocenters. The smallest absolute Gasteiger partial charge is 0.268 e. The van der Waals surface area contributed by atoms with E-state index >= 15 is 0 Å². The molecule has 0 spiro atoms. The molecule has 1 fully saturated rings. The molecule has 2 amide bonds. The van der Waals surface area contributed by atoms with Gasteiger partial charge in [-0.2, -0.15) is 0 Å². The average molecular weight is 436 g/mol. The fraction of sp³-hybridized carbons (Fsp3) is 0.208. The van der Waals surface area contributed by atoms with Crippen molar-refractivity contribution in [1.29, 1.82) is 0 Å². The topological polar surface area (TPSA) is 83.1 Å². The molecule has 1 aliphatic carbocycles. The number of benzene rings is 2. The van der Waals surface area contributed by atoms with E-state index in [0.717, 1.165) is 11.3 Å². The quantitative estimate of drug-likeness (QED) is 0.535. The van der Waals surface area contributed by atoms with E-state index in [0.29, 0.717) is 0 Å². The molecule has 4 rings (SSSR count). The van der Waals surface area contributed by atoms with Crippen LogP contribution in [-0.4, -0.2) is 29.8 Å². The summed E-state index contributed by atoms with van der Waals surface area (Å²) in [5, 5.41) is 8.21. The molecular formula is C24H22F2N4O2. The van der Waals surface area contributed by atoms with E-state index in [1.165, 1.54) is 31.4 Å². The Hall–Kier alpha value is -3.81. The number of hydrogen-bond acceptors (Lipinski definition) is 4. The number of nitrogens with zero attached hydrogens (tertiary/aromatic N) is 1. The third-order valence-corrected chi connectivity index (χ3v) is 5.66. The number of nitrogens with one attached hydrogen (secondary N) is 3. The Bertz CT molecular complexity index is 1180. The maximum absolute atomic E-state index is 14.5. The minimum Gasteiger partial charge on any atom is -0.355 e. The van der Waals surface area contributed by atoms with E-state index in [4.69, 9.17) is 0 Å². The van der Waals surface area contributed by atoms with Crippen molar-refractivity contribution < 1.29 is 18.4 Å². The number of pyridine rings is 1. The van der Waals surface area contributed by atoms with Crippen LogP contribution in [0.5, 0.6) is 0 Å². The van der Waals surface area contributed by atoms with Gasteiger partial charge in [0.05, 0.1) is 11.3 Å². The lowest BCUT2D eigenvalue weighted by atomic mass is 9.94. The Morgan fingerprint density at radius 2 is 1.66 bits per heavy atom. The van der Waals surface area contributed by atoms with Gasteiger partial charge in [0.15, 0.2) is 5.82 Å². The predicted molar refractivity (Wildman–Crippen MR) is 118 cm³/mol. The van der Waals surface area contributed by atoms with Crippen molar-refractivity contribution in [2.75, 3.05) is 17.7 Å². The number of carbonyl (C=O) groups is 2. The van der Waals surface area contributed by atoms with E-state index < -0.39 is 29.6 Å². The number of aromatic nitrogens is 1. The third kappa shape index (κ3) is 3.68. The number of aryl methyl sites for hydroxylation is 1. The molecular weight excluding hydrogens is 414 g/mol. The van der Waals surface area contributed by atoms with Gasteiger partial charge in [0.25, 0.3) is 11.8 Å². The van der Waals surface area contributed by atoms with Crippen molar-refractivity contribution in [3.05, 3.63) is 83.6 Å². The molecule has 3 N–H and O–H groups in total. The standard InChI is InChI=1S/C24H22F2N4O2/c1-15-8-6-7-11-18(15)29-20-19(12-16(13-28-20)21(31)27-2)30-22(32)23(14-24(23,25)26)17-9-4-3-5-10-17/h3-13H,14H2,1-2H3,(H,27,31)(H,28,29)(H,30,32).